The number of aliphatic imine (C=N–C) groups is 1. The van der Waals surface area contributed by atoms with Gasteiger partial charge in [0.2, 0.25) is 0 Å². The van der Waals surface area contributed by atoms with Crippen LogP contribution < -0.4 is 0 Å². The first-order valence-electron chi connectivity index (χ1n) is 3.51. The lowest BCUT2D eigenvalue weighted by molar-refractivity contribution is 0.911. The Kier molecular flexibility index (Phi) is 1.18. The molecule has 0 saturated heterocycles. The van der Waals surface area contributed by atoms with E-state index in [0.717, 1.165) is 23.5 Å². The fourth-order valence-electron chi connectivity index (χ4n) is 1.16. The van der Waals surface area contributed by atoms with E-state index in [4.69, 9.17) is 0 Å². The maximum atomic E-state index is 4.22. The maximum absolute atomic E-state index is 4.22. The summed E-state index contributed by atoms with van der Waals surface area (Å²) >= 11 is 0. The predicted molar refractivity (Wildman–Crippen MR) is 45.0 cm³/mol. The zero-order valence-corrected chi connectivity index (χ0v) is 6.41. The molecule has 0 N–H and O–H groups in total. The topological polar surface area (TPSA) is 30.2 Å². The van der Waals surface area contributed by atoms with Gasteiger partial charge in [-0.05, 0) is 5.57 Å². The van der Waals surface area contributed by atoms with Crippen molar-refractivity contribution in [3.05, 3.63) is 18.6 Å². The molecule has 0 aliphatic carbocycles. The van der Waals surface area contributed by atoms with Gasteiger partial charge in [0.05, 0.1) is 6.33 Å². The second-order valence-corrected chi connectivity index (χ2v) is 2.65. The molecule has 0 bridgehead atoms. The largest absolute Gasteiger partial charge is 0.318 e. The number of hydrogen-bond acceptors (Lipinski definition) is 2. The van der Waals surface area contributed by atoms with Crippen molar-refractivity contribution in [1.29, 1.82) is 0 Å². The van der Waals surface area contributed by atoms with E-state index in [2.05, 4.69) is 16.6 Å². The molecule has 1 aromatic heterocycles. The minimum Gasteiger partial charge on any atom is -0.318 e. The van der Waals surface area contributed by atoms with E-state index in [1.807, 2.05) is 17.8 Å². The van der Waals surface area contributed by atoms with E-state index in [-0.39, 0.29) is 0 Å². The van der Waals surface area contributed by atoms with E-state index in [1.165, 1.54) is 0 Å². The van der Waals surface area contributed by atoms with Crippen LogP contribution >= 0.6 is 0 Å². The molecule has 11 heavy (non-hydrogen) atoms. The molecule has 0 amide bonds. The number of allylic oxidation sites excluding steroid dienone is 1. The summed E-state index contributed by atoms with van der Waals surface area (Å²) < 4.78 is 1.90. The van der Waals surface area contributed by atoms with Crippen molar-refractivity contribution in [2.75, 3.05) is 0 Å². The van der Waals surface area contributed by atoms with Gasteiger partial charge in [0.25, 0.3) is 0 Å². The molecule has 1 aliphatic rings. The highest BCUT2D eigenvalue weighted by atomic mass is 15.1. The molecule has 0 spiro atoms. The predicted octanol–water partition coefficient (Wildman–Crippen LogP) is 1.54. The molecule has 3 nitrogen and oxygen atoms in total. The van der Waals surface area contributed by atoms with Crippen LogP contribution in [0.2, 0.25) is 0 Å². The Labute approximate surface area is 65.1 Å². The Morgan fingerprint density at radius 3 is 3.18 bits per heavy atom. The van der Waals surface area contributed by atoms with Gasteiger partial charge in [-0.2, -0.15) is 0 Å². The molecule has 0 unspecified atom stereocenters. The first kappa shape index (κ1) is 6.34. The van der Waals surface area contributed by atoms with Crippen LogP contribution in [0.5, 0.6) is 0 Å². The minimum atomic E-state index is 0.823. The van der Waals surface area contributed by atoms with Gasteiger partial charge in [0.1, 0.15) is 5.69 Å². The van der Waals surface area contributed by atoms with Crippen LogP contribution in [0.1, 0.15) is 12.1 Å². The summed E-state index contributed by atoms with van der Waals surface area (Å²) in [7, 11) is 1.93. The van der Waals surface area contributed by atoms with Gasteiger partial charge < -0.3 is 4.57 Å². The van der Waals surface area contributed by atoms with Crippen molar-refractivity contribution in [3.63, 3.8) is 0 Å². The highest BCUT2D eigenvalue weighted by Crippen LogP contribution is 2.28. The summed E-state index contributed by atoms with van der Waals surface area (Å²) in [5.41, 5.74) is 1.99. The third-order valence-corrected chi connectivity index (χ3v) is 1.79. The molecule has 0 saturated carbocycles. The molecule has 0 aromatic carbocycles. The highest BCUT2D eigenvalue weighted by Gasteiger charge is 2.13. The zero-order valence-electron chi connectivity index (χ0n) is 6.41. The summed E-state index contributed by atoms with van der Waals surface area (Å²) in [5, 5.41) is 0. The number of rotatable bonds is 0. The van der Waals surface area contributed by atoms with Crippen LogP contribution in [0.4, 0.5) is 5.82 Å². The van der Waals surface area contributed by atoms with Gasteiger partial charge >= 0.3 is 0 Å². The second kappa shape index (κ2) is 2.05. The molecule has 0 fully saturated rings. The van der Waals surface area contributed by atoms with Crippen LogP contribution in [0.15, 0.2) is 17.9 Å². The van der Waals surface area contributed by atoms with Crippen molar-refractivity contribution in [1.82, 2.24) is 9.55 Å². The molecular weight excluding hydrogens is 138 g/mol. The molecule has 1 aliphatic heterocycles. The standard InChI is InChI=1S/C8H9N3/c1-6-3-4-9-8-7(6)10-5-11(8)2/h4-5H,1,3H2,2H3. The van der Waals surface area contributed by atoms with Gasteiger partial charge in [-0.1, -0.05) is 6.58 Å². The van der Waals surface area contributed by atoms with E-state index < -0.39 is 0 Å². The number of aromatic nitrogens is 2. The van der Waals surface area contributed by atoms with Crippen LogP contribution in [-0.2, 0) is 7.05 Å². The van der Waals surface area contributed by atoms with Gasteiger partial charge in [-0.25, -0.2) is 9.98 Å². The zero-order chi connectivity index (χ0) is 7.84. The summed E-state index contributed by atoms with van der Waals surface area (Å²) in [6.45, 7) is 3.90. The van der Waals surface area contributed by atoms with Gasteiger partial charge in [-0.3, -0.25) is 0 Å². The van der Waals surface area contributed by atoms with Gasteiger partial charge in [0, 0.05) is 19.7 Å². The SMILES string of the molecule is C=C1CC=Nc2c1ncn2C. The summed E-state index contributed by atoms with van der Waals surface area (Å²) in [6.07, 6.45) is 4.45. The number of hydrogen-bond donors (Lipinski definition) is 0. The Balaban J connectivity index is 2.66. The molecule has 2 heterocycles. The van der Waals surface area contributed by atoms with Crippen molar-refractivity contribution < 1.29 is 0 Å². The number of fused-ring (bicyclic) bond motifs is 1. The molecule has 1 aromatic rings. The van der Waals surface area contributed by atoms with Crippen LogP contribution in [-0.4, -0.2) is 15.8 Å². The molecular formula is C8H9N3. The fraction of sp³-hybridized carbons (Fsp3) is 0.250. The average molecular weight is 147 g/mol. The Morgan fingerprint density at radius 1 is 1.64 bits per heavy atom. The summed E-state index contributed by atoms with van der Waals surface area (Å²) in [4.78, 5) is 8.40. The summed E-state index contributed by atoms with van der Waals surface area (Å²) in [6, 6.07) is 0. The molecule has 3 heteroatoms. The lowest BCUT2D eigenvalue weighted by Crippen LogP contribution is -1.93. The molecule has 56 valence electrons. The molecule has 2 rings (SSSR count). The Hall–Kier alpha value is -1.38. The average Bonchev–Trinajstić information content (AvgIpc) is 2.35. The Bertz CT molecular complexity index is 333. The monoisotopic (exact) mass is 147 g/mol. The third-order valence-electron chi connectivity index (χ3n) is 1.79. The van der Waals surface area contributed by atoms with E-state index in [1.54, 1.807) is 6.33 Å². The highest BCUT2D eigenvalue weighted by molar-refractivity contribution is 5.86. The quantitative estimate of drug-likeness (QED) is 0.547. The smallest absolute Gasteiger partial charge is 0.159 e. The van der Waals surface area contributed by atoms with E-state index in [9.17, 15) is 0 Å². The van der Waals surface area contributed by atoms with E-state index >= 15 is 0 Å². The first-order chi connectivity index (χ1) is 5.29. The normalized spacial score (nSPS) is 15.2. The van der Waals surface area contributed by atoms with Gasteiger partial charge in [0.15, 0.2) is 5.82 Å². The summed E-state index contributed by atoms with van der Waals surface area (Å²) in [5.74, 6) is 0.918. The second-order valence-electron chi connectivity index (χ2n) is 2.65. The van der Waals surface area contributed by atoms with Crippen molar-refractivity contribution in [2.45, 2.75) is 6.42 Å². The lowest BCUT2D eigenvalue weighted by atomic mass is 10.1. The number of nitrogens with zero attached hydrogens (tertiary/aromatic N) is 3. The molecule has 0 atom stereocenters. The minimum absolute atomic E-state index is 0.823. The molecule has 0 radical (unpaired) electrons. The van der Waals surface area contributed by atoms with Crippen molar-refractivity contribution in [3.8, 4) is 0 Å². The van der Waals surface area contributed by atoms with Crippen molar-refractivity contribution in [2.24, 2.45) is 12.0 Å². The number of imidazole rings is 1. The van der Waals surface area contributed by atoms with Crippen molar-refractivity contribution >= 4 is 17.6 Å². The fourth-order valence-corrected chi connectivity index (χ4v) is 1.16. The maximum Gasteiger partial charge on any atom is 0.159 e. The van der Waals surface area contributed by atoms with Gasteiger partial charge in [-0.15, -0.1) is 0 Å². The van der Waals surface area contributed by atoms with Crippen LogP contribution in [0, 0.1) is 0 Å². The van der Waals surface area contributed by atoms with Crippen LogP contribution in [0.25, 0.3) is 5.57 Å². The Morgan fingerprint density at radius 2 is 2.45 bits per heavy atom. The number of aryl methyl sites for hydroxylation is 1. The lowest BCUT2D eigenvalue weighted by Gasteiger charge is -2.06. The van der Waals surface area contributed by atoms with E-state index in [0.29, 0.717) is 0 Å². The third kappa shape index (κ3) is 0.808. The van der Waals surface area contributed by atoms with Crippen LogP contribution in [0.3, 0.4) is 0 Å². The first-order valence-corrected chi connectivity index (χ1v) is 3.51.